The zero-order valence-corrected chi connectivity index (χ0v) is 9.98. The average molecular weight is 233 g/mol. The van der Waals surface area contributed by atoms with E-state index in [4.69, 9.17) is 23.8 Å². The molecule has 0 aliphatic rings. The third kappa shape index (κ3) is 2.36. The maximum absolute atomic E-state index is 5.96. The maximum atomic E-state index is 5.96. The Kier molecular flexibility index (Phi) is 3.71. The van der Waals surface area contributed by atoms with Gasteiger partial charge in [-0.25, -0.2) is 0 Å². The van der Waals surface area contributed by atoms with Crippen LogP contribution < -0.4 is 5.32 Å². The summed E-state index contributed by atoms with van der Waals surface area (Å²) in [6, 6.07) is 0. The van der Waals surface area contributed by atoms with Crippen molar-refractivity contribution in [2.75, 3.05) is 14.1 Å². The highest BCUT2D eigenvalue weighted by molar-refractivity contribution is 7.80. The molecule has 0 bridgehead atoms. The minimum absolute atomic E-state index is 0.648. The minimum atomic E-state index is 0.648. The van der Waals surface area contributed by atoms with Crippen molar-refractivity contribution in [2.45, 2.75) is 6.54 Å². The highest BCUT2D eigenvalue weighted by Gasteiger charge is 2.10. The molecule has 1 rings (SSSR count). The van der Waals surface area contributed by atoms with Crippen LogP contribution in [0.3, 0.4) is 0 Å². The second-order valence-corrected chi connectivity index (χ2v) is 3.77. The summed E-state index contributed by atoms with van der Waals surface area (Å²) in [5, 5.41) is 8.30. The molecule has 1 aromatic rings. The van der Waals surface area contributed by atoms with Gasteiger partial charge in [0.25, 0.3) is 0 Å². The molecule has 1 aromatic heterocycles. The summed E-state index contributed by atoms with van der Waals surface area (Å²) in [6.45, 7) is 0.648. The van der Waals surface area contributed by atoms with Crippen LogP contribution in [0.1, 0.15) is 5.69 Å². The molecule has 0 aromatic carbocycles. The third-order valence-electron chi connectivity index (χ3n) is 1.96. The first-order valence-corrected chi connectivity index (χ1v) is 4.94. The van der Waals surface area contributed by atoms with Crippen molar-refractivity contribution in [3.05, 3.63) is 16.9 Å². The summed E-state index contributed by atoms with van der Waals surface area (Å²) in [4.78, 5) is 1.90. The molecule has 0 spiro atoms. The molecule has 0 saturated carbocycles. The van der Waals surface area contributed by atoms with Crippen molar-refractivity contribution in [1.82, 2.24) is 20.0 Å². The Labute approximate surface area is 93.8 Å². The first-order chi connectivity index (χ1) is 6.56. The third-order valence-corrected chi connectivity index (χ3v) is 2.79. The number of nitrogens with one attached hydrogen (secondary N) is 1. The standard InChI is InChI=1S/C8H13ClN4S/c1-10-8(14)12(2)5-7-6(9)4-11-13(7)3/h4H,5H2,1-3H3,(H,10,14). The molecule has 1 N–H and O–H groups in total. The van der Waals surface area contributed by atoms with Gasteiger partial charge in [-0.3, -0.25) is 4.68 Å². The number of rotatable bonds is 2. The Balaban J connectivity index is 2.73. The number of thiocarbonyl (C=S) groups is 1. The van der Waals surface area contributed by atoms with Gasteiger partial charge in [0.1, 0.15) is 0 Å². The van der Waals surface area contributed by atoms with Crippen LogP contribution in [0.15, 0.2) is 6.20 Å². The van der Waals surface area contributed by atoms with E-state index in [9.17, 15) is 0 Å². The molecule has 0 aliphatic carbocycles. The molecular weight excluding hydrogens is 220 g/mol. The van der Waals surface area contributed by atoms with Crippen molar-refractivity contribution in [3.63, 3.8) is 0 Å². The normalized spacial score (nSPS) is 10.0. The summed E-state index contributed by atoms with van der Waals surface area (Å²) in [5.41, 5.74) is 0.951. The number of nitrogens with zero attached hydrogens (tertiary/aromatic N) is 3. The monoisotopic (exact) mass is 232 g/mol. The van der Waals surface area contributed by atoms with E-state index in [1.54, 1.807) is 17.9 Å². The number of hydrogen-bond donors (Lipinski definition) is 1. The van der Waals surface area contributed by atoms with E-state index >= 15 is 0 Å². The predicted molar refractivity (Wildman–Crippen MR) is 61.3 cm³/mol. The van der Waals surface area contributed by atoms with Gasteiger partial charge in [0, 0.05) is 21.1 Å². The highest BCUT2D eigenvalue weighted by atomic mass is 35.5. The second kappa shape index (κ2) is 4.61. The SMILES string of the molecule is CNC(=S)N(C)Cc1c(Cl)cnn1C. The number of halogens is 1. The zero-order valence-electron chi connectivity index (χ0n) is 8.41. The van der Waals surface area contributed by atoms with E-state index < -0.39 is 0 Å². The molecule has 0 unspecified atom stereocenters. The molecule has 4 nitrogen and oxygen atoms in total. The van der Waals surface area contributed by atoms with Crippen molar-refractivity contribution < 1.29 is 0 Å². The van der Waals surface area contributed by atoms with E-state index in [1.807, 2.05) is 19.0 Å². The van der Waals surface area contributed by atoms with Crippen LogP contribution in [0.5, 0.6) is 0 Å². The van der Waals surface area contributed by atoms with Gasteiger partial charge in [0.05, 0.1) is 23.5 Å². The van der Waals surface area contributed by atoms with Gasteiger partial charge in [-0.05, 0) is 12.2 Å². The Morgan fingerprint density at radius 2 is 2.43 bits per heavy atom. The number of aryl methyl sites for hydroxylation is 1. The lowest BCUT2D eigenvalue weighted by atomic mass is 10.4. The smallest absolute Gasteiger partial charge is 0.168 e. The van der Waals surface area contributed by atoms with E-state index in [0.29, 0.717) is 16.7 Å². The summed E-state index contributed by atoms with van der Waals surface area (Å²) < 4.78 is 1.75. The number of hydrogen-bond acceptors (Lipinski definition) is 2. The van der Waals surface area contributed by atoms with Gasteiger partial charge in [0.2, 0.25) is 0 Å². The van der Waals surface area contributed by atoms with Crippen LogP contribution >= 0.6 is 23.8 Å². The van der Waals surface area contributed by atoms with Crippen LogP contribution in [0.2, 0.25) is 5.02 Å². The van der Waals surface area contributed by atoms with E-state index in [-0.39, 0.29) is 0 Å². The average Bonchev–Trinajstić information content (AvgIpc) is 2.48. The summed E-state index contributed by atoms with van der Waals surface area (Å²) in [5.74, 6) is 0. The summed E-state index contributed by atoms with van der Waals surface area (Å²) in [7, 11) is 5.56. The van der Waals surface area contributed by atoms with Gasteiger partial charge in [-0.15, -0.1) is 0 Å². The molecule has 0 amide bonds. The summed E-state index contributed by atoms with van der Waals surface area (Å²) in [6.07, 6.45) is 1.63. The van der Waals surface area contributed by atoms with E-state index in [2.05, 4.69) is 10.4 Å². The minimum Gasteiger partial charge on any atom is -0.366 e. The molecule has 0 fully saturated rings. The van der Waals surface area contributed by atoms with Crippen LogP contribution in [-0.2, 0) is 13.6 Å². The van der Waals surface area contributed by atoms with Gasteiger partial charge < -0.3 is 10.2 Å². The molecule has 78 valence electrons. The van der Waals surface area contributed by atoms with Crippen molar-refractivity contribution in [1.29, 1.82) is 0 Å². The van der Waals surface area contributed by atoms with E-state index in [0.717, 1.165) is 5.69 Å². The lowest BCUT2D eigenvalue weighted by Gasteiger charge is -2.19. The maximum Gasteiger partial charge on any atom is 0.168 e. The van der Waals surface area contributed by atoms with Gasteiger partial charge in [-0.1, -0.05) is 11.6 Å². The fourth-order valence-electron chi connectivity index (χ4n) is 1.10. The molecule has 1 heterocycles. The number of aromatic nitrogens is 2. The fourth-order valence-corrected chi connectivity index (χ4v) is 1.39. The van der Waals surface area contributed by atoms with Gasteiger partial charge in [-0.2, -0.15) is 5.10 Å². The lowest BCUT2D eigenvalue weighted by molar-refractivity contribution is 0.471. The fraction of sp³-hybridized carbons (Fsp3) is 0.500. The molecular formula is C8H13ClN4S. The molecule has 14 heavy (non-hydrogen) atoms. The van der Waals surface area contributed by atoms with Crippen molar-refractivity contribution in [3.8, 4) is 0 Å². The first kappa shape index (κ1) is 11.3. The zero-order chi connectivity index (χ0) is 10.7. The van der Waals surface area contributed by atoms with Gasteiger partial charge in [0.15, 0.2) is 5.11 Å². The first-order valence-electron chi connectivity index (χ1n) is 4.15. The lowest BCUT2D eigenvalue weighted by Crippen LogP contribution is -2.34. The largest absolute Gasteiger partial charge is 0.366 e. The second-order valence-electron chi connectivity index (χ2n) is 2.97. The molecule has 6 heteroatoms. The Bertz CT molecular complexity index is 317. The Hall–Kier alpha value is -0.810. The quantitative estimate of drug-likeness (QED) is 0.772. The predicted octanol–water partition coefficient (Wildman–Crippen LogP) is 1.01. The summed E-state index contributed by atoms with van der Waals surface area (Å²) >= 11 is 11.0. The van der Waals surface area contributed by atoms with Crippen LogP contribution in [-0.4, -0.2) is 33.9 Å². The van der Waals surface area contributed by atoms with Gasteiger partial charge >= 0.3 is 0 Å². The van der Waals surface area contributed by atoms with Crippen molar-refractivity contribution in [2.24, 2.45) is 7.05 Å². The molecule has 0 aliphatic heterocycles. The van der Waals surface area contributed by atoms with Crippen molar-refractivity contribution >= 4 is 28.9 Å². The molecule has 0 saturated heterocycles. The van der Waals surface area contributed by atoms with Crippen LogP contribution in [0.25, 0.3) is 0 Å². The van der Waals surface area contributed by atoms with Crippen LogP contribution in [0, 0.1) is 0 Å². The molecule has 0 radical (unpaired) electrons. The topological polar surface area (TPSA) is 33.1 Å². The Morgan fingerprint density at radius 1 is 1.79 bits per heavy atom. The van der Waals surface area contributed by atoms with E-state index in [1.165, 1.54) is 0 Å². The Morgan fingerprint density at radius 3 is 2.86 bits per heavy atom. The highest BCUT2D eigenvalue weighted by Crippen LogP contribution is 2.15. The van der Waals surface area contributed by atoms with Crippen LogP contribution in [0.4, 0.5) is 0 Å². The molecule has 0 atom stereocenters.